The van der Waals surface area contributed by atoms with Crippen LogP contribution in [0.1, 0.15) is 5.56 Å². The Bertz CT molecular complexity index is 1150. The van der Waals surface area contributed by atoms with Crippen molar-refractivity contribution in [3.05, 3.63) is 95.5 Å². The first kappa shape index (κ1) is 17.7. The molecule has 1 heterocycles. The molecule has 28 heavy (non-hydrogen) atoms. The number of nitriles is 1. The second-order valence-corrected chi connectivity index (χ2v) is 6.54. The van der Waals surface area contributed by atoms with Gasteiger partial charge in [-0.1, -0.05) is 72.3 Å². The van der Waals surface area contributed by atoms with Crippen LogP contribution in [-0.2, 0) is 0 Å². The molecule has 0 amide bonds. The number of hydrogen-bond donors (Lipinski definition) is 1. The molecule has 134 valence electrons. The third kappa shape index (κ3) is 3.71. The number of aromatic nitrogens is 2. The first-order valence-corrected chi connectivity index (χ1v) is 9.08. The topological polar surface area (TPSA) is 61.6 Å². The molecule has 5 heteroatoms. The number of rotatable bonds is 4. The van der Waals surface area contributed by atoms with Crippen molar-refractivity contribution in [1.29, 1.82) is 5.26 Å². The summed E-state index contributed by atoms with van der Waals surface area (Å²) in [5, 5.41) is 13.7. The maximum atomic E-state index is 9.89. The zero-order valence-electron chi connectivity index (χ0n) is 14.8. The highest BCUT2D eigenvalue weighted by atomic mass is 35.5. The quantitative estimate of drug-likeness (QED) is 0.464. The van der Waals surface area contributed by atoms with Crippen molar-refractivity contribution in [2.75, 3.05) is 5.32 Å². The molecule has 0 atom stereocenters. The van der Waals surface area contributed by atoms with E-state index in [0.29, 0.717) is 27.9 Å². The van der Waals surface area contributed by atoms with Gasteiger partial charge in [0.1, 0.15) is 11.6 Å². The molecule has 1 N–H and O–H groups in total. The lowest BCUT2D eigenvalue weighted by Crippen LogP contribution is -2.03. The van der Waals surface area contributed by atoms with Gasteiger partial charge in [0.25, 0.3) is 0 Å². The summed E-state index contributed by atoms with van der Waals surface area (Å²) < 4.78 is 0. The predicted molar refractivity (Wildman–Crippen MR) is 112 cm³/mol. The fraction of sp³-hybridized carbons (Fsp3) is 0. The molecule has 4 nitrogen and oxygen atoms in total. The molecular formula is C23H15ClN4. The van der Waals surface area contributed by atoms with E-state index in [1.807, 2.05) is 72.8 Å². The minimum Gasteiger partial charge on any atom is -0.324 e. The van der Waals surface area contributed by atoms with Gasteiger partial charge in [-0.05, 0) is 24.3 Å². The van der Waals surface area contributed by atoms with Crippen LogP contribution < -0.4 is 5.32 Å². The van der Waals surface area contributed by atoms with E-state index in [1.165, 1.54) is 0 Å². The number of hydrogen-bond acceptors (Lipinski definition) is 4. The van der Waals surface area contributed by atoms with Crippen molar-refractivity contribution >= 4 is 23.2 Å². The molecule has 1 aromatic heterocycles. The average Bonchev–Trinajstić information content (AvgIpc) is 2.74. The Balaban J connectivity index is 1.93. The lowest BCUT2D eigenvalue weighted by molar-refractivity contribution is 1.16. The zero-order valence-corrected chi connectivity index (χ0v) is 15.6. The minimum absolute atomic E-state index is 0.409. The van der Waals surface area contributed by atoms with Gasteiger partial charge in [0, 0.05) is 21.8 Å². The van der Waals surface area contributed by atoms with Crippen LogP contribution in [0.4, 0.5) is 11.6 Å². The highest BCUT2D eigenvalue weighted by Crippen LogP contribution is 2.32. The van der Waals surface area contributed by atoms with Crippen LogP contribution >= 0.6 is 11.6 Å². The fourth-order valence-electron chi connectivity index (χ4n) is 2.92. The van der Waals surface area contributed by atoms with Gasteiger partial charge in [0.05, 0.1) is 11.4 Å². The van der Waals surface area contributed by atoms with Crippen LogP contribution in [0.15, 0.2) is 84.9 Å². The number of benzene rings is 3. The Morgan fingerprint density at radius 3 is 2.00 bits per heavy atom. The summed E-state index contributed by atoms with van der Waals surface area (Å²) in [5.41, 5.74) is 4.00. The molecule has 0 radical (unpaired) electrons. The van der Waals surface area contributed by atoms with Crippen molar-refractivity contribution in [3.63, 3.8) is 0 Å². The Labute approximate surface area is 168 Å². The first-order chi connectivity index (χ1) is 13.7. The number of nitrogens with one attached hydrogen (secondary N) is 1. The zero-order chi connectivity index (χ0) is 19.3. The lowest BCUT2D eigenvalue weighted by Gasteiger charge is -2.13. The average molecular weight is 383 g/mol. The summed E-state index contributed by atoms with van der Waals surface area (Å²) in [6, 6.07) is 28.9. The van der Waals surface area contributed by atoms with E-state index < -0.39 is 0 Å². The normalized spacial score (nSPS) is 10.3. The van der Waals surface area contributed by atoms with Crippen LogP contribution in [0.2, 0.25) is 5.02 Å². The van der Waals surface area contributed by atoms with E-state index >= 15 is 0 Å². The van der Waals surface area contributed by atoms with Crippen LogP contribution in [0.25, 0.3) is 22.5 Å². The Morgan fingerprint density at radius 2 is 1.36 bits per heavy atom. The Hall–Kier alpha value is -3.68. The summed E-state index contributed by atoms with van der Waals surface area (Å²) in [7, 11) is 0. The summed E-state index contributed by atoms with van der Waals surface area (Å²) in [4.78, 5) is 9.27. The maximum Gasteiger partial charge on any atom is 0.228 e. The van der Waals surface area contributed by atoms with Crippen LogP contribution in [0.3, 0.4) is 0 Å². The van der Waals surface area contributed by atoms with E-state index in [0.717, 1.165) is 16.8 Å². The summed E-state index contributed by atoms with van der Waals surface area (Å²) in [6.07, 6.45) is 0. The number of halogens is 1. The molecule has 0 saturated carbocycles. The van der Waals surface area contributed by atoms with E-state index in [2.05, 4.69) is 21.4 Å². The summed E-state index contributed by atoms with van der Waals surface area (Å²) in [5.74, 6) is 0.416. The maximum absolute atomic E-state index is 9.89. The third-order valence-corrected chi connectivity index (χ3v) is 4.43. The first-order valence-electron chi connectivity index (χ1n) is 8.70. The Kier molecular flexibility index (Phi) is 5.01. The molecular weight excluding hydrogens is 368 g/mol. The molecule has 0 spiro atoms. The van der Waals surface area contributed by atoms with Gasteiger partial charge < -0.3 is 5.32 Å². The largest absolute Gasteiger partial charge is 0.324 e. The SMILES string of the molecule is N#Cc1c(-c2ccccc2)nc(Nc2ccccc2)nc1-c1cccc(Cl)c1. The van der Waals surface area contributed by atoms with E-state index in [1.54, 1.807) is 12.1 Å². The molecule has 4 rings (SSSR count). The smallest absolute Gasteiger partial charge is 0.228 e. The van der Waals surface area contributed by atoms with Gasteiger partial charge in [-0.25, -0.2) is 9.97 Å². The number of para-hydroxylation sites is 1. The molecule has 3 aromatic carbocycles. The Morgan fingerprint density at radius 1 is 0.750 bits per heavy atom. The molecule has 0 aliphatic rings. The molecule has 0 bridgehead atoms. The lowest BCUT2D eigenvalue weighted by atomic mass is 10.0. The molecule has 4 aromatic rings. The summed E-state index contributed by atoms with van der Waals surface area (Å²) in [6.45, 7) is 0. The van der Waals surface area contributed by atoms with Crippen molar-refractivity contribution in [3.8, 4) is 28.6 Å². The van der Waals surface area contributed by atoms with Crippen molar-refractivity contribution in [2.24, 2.45) is 0 Å². The number of nitrogens with zero attached hydrogens (tertiary/aromatic N) is 3. The molecule has 0 aliphatic carbocycles. The predicted octanol–water partition coefficient (Wildman–Crippen LogP) is 6.08. The van der Waals surface area contributed by atoms with Crippen LogP contribution in [-0.4, -0.2) is 9.97 Å². The van der Waals surface area contributed by atoms with Crippen LogP contribution in [0.5, 0.6) is 0 Å². The third-order valence-electron chi connectivity index (χ3n) is 4.20. The van der Waals surface area contributed by atoms with E-state index in [9.17, 15) is 5.26 Å². The van der Waals surface area contributed by atoms with E-state index in [-0.39, 0.29) is 0 Å². The highest BCUT2D eigenvalue weighted by molar-refractivity contribution is 6.30. The standard InChI is InChI=1S/C23H15ClN4/c24-18-11-7-10-17(14-18)22-20(15-25)21(16-8-3-1-4-9-16)27-23(28-22)26-19-12-5-2-6-13-19/h1-14H,(H,26,27,28). The fourth-order valence-corrected chi connectivity index (χ4v) is 3.11. The van der Waals surface area contributed by atoms with Crippen molar-refractivity contribution < 1.29 is 0 Å². The second-order valence-electron chi connectivity index (χ2n) is 6.10. The molecule has 0 aliphatic heterocycles. The van der Waals surface area contributed by atoms with Gasteiger partial charge in [-0.3, -0.25) is 0 Å². The van der Waals surface area contributed by atoms with E-state index in [4.69, 9.17) is 11.6 Å². The van der Waals surface area contributed by atoms with Crippen LogP contribution in [0, 0.1) is 11.3 Å². The van der Waals surface area contributed by atoms with Gasteiger partial charge in [0.15, 0.2) is 0 Å². The molecule has 0 fully saturated rings. The van der Waals surface area contributed by atoms with Gasteiger partial charge in [-0.2, -0.15) is 5.26 Å². The second kappa shape index (κ2) is 7.91. The van der Waals surface area contributed by atoms with Gasteiger partial charge in [-0.15, -0.1) is 0 Å². The highest BCUT2D eigenvalue weighted by Gasteiger charge is 2.17. The van der Waals surface area contributed by atoms with Gasteiger partial charge >= 0.3 is 0 Å². The van der Waals surface area contributed by atoms with Gasteiger partial charge in [0.2, 0.25) is 5.95 Å². The van der Waals surface area contributed by atoms with Crippen molar-refractivity contribution in [2.45, 2.75) is 0 Å². The van der Waals surface area contributed by atoms with Crippen molar-refractivity contribution in [1.82, 2.24) is 9.97 Å². The monoisotopic (exact) mass is 382 g/mol. The molecule has 0 unspecified atom stereocenters. The summed E-state index contributed by atoms with van der Waals surface area (Å²) >= 11 is 6.17. The minimum atomic E-state index is 0.409. The number of anilines is 2. The molecule has 0 saturated heterocycles.